The first kappa shape index (κ1) is 14.4. The molecule has 1 aromatic heterocycles. The van der Waals surface area contributed by atoms with Gasteiger partial charge in [0.25, 0.3) is 5.56 Å². The minimum absolute atomic E-state index is 0.179. The molecule has 1 aromatic rings. The first-order valence-corrected chi connectivity index (χ1v) is 6.70. The number of hydrogen-bond acceptors (Lipinski definition) is 5. The van der Waals surface area contributed by atoms with Crippen LogP contribution in [-0.4, -0.2) is 41.2 Å². The van der Waals surface area contributed by atoms with Crippen molar-refractivity contribution in [3.8, 4) is 5.75 Å². The van der Waals surface area contributed by atoms with Crippen LogP contribution in [0.25, 0.3) is 0 Å². The van der Waals surface area contributed by atoms with Gasteiger partial charge in [-0.25, -0.2) is 4.98 Å². The van der Waals surface area contributed by atoms with Crippen molar-refractivity contribution in [2.75, 3.05) is 25.1 Å². The summed E-state index contributed by atoms with van der Waals surface area (Å²) in [6.45, 7) is 1.51. The second-order valence-corrected chi connectivity index (χ2v) is 4.98. The number of rotatable bonds is 5. The summed E-state index contributed by atoms with van der Waals surface area (Å²) >= 11 is 0. The van der Waals surface area contributed by atoms with E-state index in [1.54, 1.807) is 0 Å². The van der Waals surface area contributed by atoms with E-state index in [0.717, 1.165) is 19.4 Å². The Hall–Kier alpha value is -2.05. The van der Waals surface area contributed by atoms with Crippen LogP contribution in [0.4, 0.5) is 5.82 Å². The van der Waals surface area contributed by atoms with E-state index in [-0.39, 0.29) is 17.7 Å². The topological polar surface area (TPSA) is 95.5 Å². The average Bonchev–Trinajstić information content (AvgIpc) is 2.45. The van der Waals surface area contributed by atoms with E-state index in [0.29, 0.717) is 24.7 Å². The van der Waals surface area contributed by atoms with Gasteiger partial charge in [-0.3, -0.25) is 9.59 Å². The quantitative estimate of drug-likeness (QED) is 0.831. The smallest absolute Gasteiger partial charge is 0.303 e. The van der Waals surface area contributed by atoms with Crippen LogP contribution in [0, 0.1) is 5.92 Å². The normalized spacial score (nSPS) is 18.9. The van der Waals surface area contributed by atoms with Crippen molar-refractivity contribution in [3.05, 3.63) is 16.7 Å². The van der Waals surface area contributed by atoms with Crippen molar-refractivity contribution >= 4 is 11.8 Å². The van der Waals surface area contributed by atoms with Crippen molar-refractivity contribution < 1.29 is 14.6 Å². The summed E-state index contributed by atoms with van der Waals surface area (Å²) in [5.74, 6) is 0.294. The lowest BCUT2D eigenvalue weighted by atomic mass is 9.93. The van der Waals surface area contributed by atoms with Gasteiger partial charge in [-0.2, -0.15) is 0 Å². The number of carboxylic acid groups (broad SMARTS) is 1. The number of methoxy groups -OCH3 is 1. The molecule has 0 amide bonds. The zero-order chi connectivity index (χ0) is 14.5. The van der Waals surface area contributed by atoms with E-state index >= 15 is 0 Å². The molecule has 2 rings (SSSR count). The number of ether oxygens (including phenoxy) is 1. The number of nitrogens with one attached hydrogen (secondary N) is 1. The Morgan fingerprint density at radius 2 is 2.45 bits per heavy atom. The summed E-state index contributed by atoms with van der Waals surface area (Å²) in [5.41, 5.74) is -0.301. The van der Waals surface area contributed by atoms with Gasteiger partial charge in [0, 0.05) is 19.5 Å². The summed E-state index contributed by atoms with van der Waals surface area (Å²) < 4.78 is 5.12. The van der Waals surface area contributed by atoms with Crippen LogP contribution in [0.15, 0.2) is 11.1 Å². The van der Waals surface area contributed by atoms with E-state index in [1.165, 1.54) is 13.4 Å². The molecule has 2 heterocycles. The number of H-pyrrole nitrogens is 1. The molecule has 0 aromatic carbocycles. The first-order chi connectivity index (χ1) is 9.61. The summed E-state index contributed by atoms with van der Waals surface area (Å²) in [7, 11) is 1.45. The van der Waals surface area contributed by atoms with Gasteiger partial charge in [0.2, 0.25) is 5.75 Å². The fraction of sp³-hybridized carbons (Fsp3) is 0.615. The lowest BCUT2D eigenvalue weighted by molar-refractivity contribution is -0.137. The molecule has 1 unspecified atom stereocenters. The Kier molecular flexibility index (Phi) is 4.60. The highest BCUT2D eigenvalue weighted by molar-refractivity contribution is 5.66. The molecule has 0 bridgehead atoms. The standard InChI is InChI=1S/C13H19N3O4/c1-20-11-12(14-8-15-13(11)19)16-6-2-3-9(7-16)4-5-10(17)18/h8-9H,2-7H2,1H3,(H,17,18)(H,14,15,19). The number of anilines is 1. The molecule has 0 spiro atoms. The minimum atomic E-state index is -0.769. The molecule has 0 saturated carbocycles. The van der Waals surface area contributed by atoms with Gasteiger partial charge < -0.3 is 19.7 Å². The number of aliphatic carboxylic acids is 1. The van der Waals surface area contributed by atoms with E-state index in [9.17, 15) is 9.59 Å². The molecule has 2 N–H and O–H groups in total. The van der Waals surface area contributed by atoms with Crippen molar-refractivity contribution in [3.63, 3.8) is 0 Å². The zero-order valence-electron chi connectivity index (χ0n) is 11.5. The van der Waals surface area contributed by atoms with Crippen molar-refractivity contribution in [1.82, 2.24) is 9.97 Å². The first-order valence-electron chi connectivity index (χ1n) is 6.70. The molecule has 20 heavy (non-hydrogen) atoms. The Labute approximate surface area is 116 Å². The summed E-state index contributed by atoms with van der Waals surface area (Å²) in [5, 5.41) is 8.75. The van der Waals surface area contributed by atoms with Crippen LogP contribution >= 0.6 is 0 Å². The summed E-state index contributed by atoms with van der Waals surface area (Å²) in [6.07, 6.45) is 4.16. The molecule has 7 nitrogen and oxygen atoms in total. The Morgan fingerprint density at radius 3 is 3.15 bits per heavy atom. The molecule has 7 heteroatoms. The minimum Gasteiger partial charge on any atom is -0.489 e. The van der Waals surface area contributed by atoms with Crippen molar-refractivity contribution in [2.24, 2.45) is 5.92 Å². The van der Waals surface area contributed by atoms with Crippen LogP contribution in [0.1, 0.15) is 25.7 Å². The van der Waals surface area contributed by atoms with Gasteiger partial charge in [-0.15, -0.1) is 0 Å². The molecular formula is C13H19N3O4. The van der Waals surface area contributed by atoms with E-state index in [2.05, 4.69) is 9.97 Å². The predicted octanol–water partition coefficient (Wildman–Crippen LogP) is 0.860. The van der Waals surface area contributed by atoms with Crippen molar-refractivity contribution in [2.45, 2.75) is 25.7 Å². The molecular weight excluding hydrogens is 262 g/mol. The SMILES string of the molecule is COc1c(N2CCCC(CCC(=O)O)C2)nc[nH]c1=O. The molecule has 1 aliphatic heterocycles. The van der Waals surface area contributed by atoms with Gasteiger partial charge in [0.05, 0.1) is 13.4 Å². The largest absolute Gasteiger partial charge is 0.489 e. The fourth-order valence-corrected chi connectivity index (χ4v) is 2.61. The Morgan fingerprint density at radius 1 is 1.65 bits per heavy atom. The zero-order valence-corrected chi connectivity index (χ0v) is 11.5. The molecule has 1 aliphatic rings. The molecule has 1 atom stereocenters. The van der Waals surface area contributed by atoms with Crippen molar-refractivity contribution in [1.29, 1.82) is 0 Å². The van der Waals surface area contributed by atoms with Crippen LogP contribution in [0.2, 0.25) is 0 Å². The fourth-order valence-electron chi connectivity index (χ4n) is 2.61. The van der Waals surface area contributed by atoms with E-state index < -0.39 is 5.97 Å². The van der Waals surface area contributed by atoms with E-state index in [1.807, 2.05) is 4.90 Å². The van der Waals surface area contributed by atoms with Gasteiger partial charge in [-0.1, -0.05) is 0 Å². The number of hydrogen-bond donors (Lipinski definition) is 2. The number of carbonyl (C=O) groups is 1. The third kappa shape index (κ3) is 3.28. The van der Waals surface area contributed by atoms with Crippen LogP contribution < -0.4 is 15.2 Å². The highest BCUT2D eigenvalue weighted by Crippen LogP contribution is 2.28. The highest BCUT2D eigenvalue weighted by atomic mass is 16.5. The average molecular weight is 281 g/mol. The molecule has 0 aliphatic carbocycles. The van der Waals surface area contributed by atoms with Crippen LogP contribution in [0.5, 0.6) is 5.75 Å². The summed E-state index contributed by atoms with van der Waals surface area (Å²) in [6, 6.07) is 0. The molecule has 110 valence electrons. The van der Waals surface area contributed by atoms with E-state index in [4.69, 9.17) is 9.84 Å². The van der Waals surface area contributed by atoms with Gasteiger partial charge in [0.15, 0.2) is 5.82 Å². The number of aromatic amines is 1. The predicted molar refractivity (Wildman–Crippen MR) is 73.2 cm³/mol. The second kappa shape index (κ2) is 6.40. The molecule has 1 saturated heterocycles. The number of nitrogens with zero attached hydrogens (tertiary/aromatic N) is 2. The molecule has 1 fully saturated rings. The van der Waals surface area contributed by atoms with Gasteiger partial charge >= 0.3 is 5.97 Å². The summed E-state index contributed by atoms with van der Waals surface area (Å²) in [4.78, 5) is 31.0. The number of carboxylic acids is 1. The van der Waals surface area contributed by atoms with Gasteiger partial charge in [0.1, 0.15) is 0 Å². The third-order valence-corrected chi connectivity index (χ3v) is 3.58. The Bertz CT molecular complexity index is 529. The third-order valence-electron chi connectivity index (χ3n) is 3.58. The maximum Gasteiger partial charge on any atom is 0.303 e. The lowest BCUT2D eigenvalue weighted by Crippen LogP contribution is -2.37. The number of aromatic nitrogens is 2. The maximum absolute atomic E-state index is 11.7. The number of piperidine rings is 1. The maximum atomic E-state index is 11.7. The Balaban J connectivity index is 2.11. The second-order valence-electron chi connectivity index (χ2n) is 4.98. The van der Waals surface area contributed by atoms with Crippen LogP contribution in [0.3, 0.4) is 0 Å². The van der Waals surface area contributed by atoms with Crippen LogP contribution in [-0.2, 0) is 4.79 Å². The van der Waals surface area contributed by atoms with Gasteiger partial charge in [-0.05, 0) is 25.2 Å². The molecule has 0 radical (unpaired) electrons. The highest BCUT2D eigenvalue weighted by Gasteiger charge is 2.24. The lowest BCUT2D eigenvalue weighted by Gasteiger charge is -2.33. The monoisotopic (exact) mass is 281 g/mol.